The first-order valence-corrected chi connectivity index (χ1v) is 9.41. The quantitative estimate of drug-likeness (QED) is 0.169. The number of halogens is 4. The number of nitro groups is 1. The third kappa shape index (κ3) is 5.46. The number of hydrazone groups is 1. The molecule has 3 rings (SSSR count). The molecular weight excluding hydrogens is 462 g/mol. The van der Waals surface area contributed by atoms with Crippen LogP contribution in [0.3, 0.4) is 0 Å². The van der Waals surface area contributed by atoms with E-state index in [-0.39, 0.29) is 28.6 Å². The van der Waals surface area contributed by atoms with Gasteiger partial charge in [-0.2, -0.15) is 13.9 Å². The van der Waals surface area contributed by atoms with Crippen LogP contribution in [0.4, 0.5) is 23.2 Å². The summed E-state index contributed by atoms with van der Waals surface area (Å²) in [6.45, 7) is -0.503. The Kier molecular flexibility index (Phi) is 7.41. The smallest absolute Gasteiger partial charge is 0.271 e. The summed E-state index contributed by atoms with van der Waals surface area (Å²) in [6, 6.07) is 9.42. The number of benzene rings is 3. The van der Waals surface area contributed by atoms with Gasteiger partial charge in [-0.15, -0.1) is 0 Å². The summed E-state index contributed by atoms with van der Waals surface area (Å²) in [5, 5.41) is 14.5. The molecule has 0 atom stereocenters. The molecule has 12 heteroatoms. The van der Waals surface area contributed by atoms with Gasteiger partial charge in [-0.25, -0.2) is 14.2 Å². The molecule has 0 aliphatic carbocycles. The average Bonchev–Trinajstić information content (AvgIpc) is 2.83. The zero-order valence-corrected chi connectivity index (χ0v) is 17.4. The predicted molar refractivity (Wildman–Crippen MR) is 112 cm³/mol. The molecule has 0 bridgehead atoms. The van der Waals surface area contributed by atoms with E-state index in [0.717, 1.165) is 0 Å². The van der Waals surface area contributed by atoms with Crippen molar-refractivity contribution in [3.8, 4) is 11.5 Å². The lowest BCUT2D eigenvalue weighted by molar-refractivity contribution is -0.384. The molecule has 0 heterocycles. The topological polar surface area (TPSA) is 103 Å². The number of carbonyl (C=O) groups is 1. The minimum absolute atomic E-state index is 0.0696. The second-order valence-electron chi connectivity index (χ2n) is 6.66. The van der Waals surface area contributed by atoms with Crippen LogP contribution >= 0.6 is 0 Å². The summed E-state index contributed by atoms with van der Waals surface area (Å²) < 4.78 is 64.5. The Labute approximate surface area is 189 Å². The summed E-state index contributed by atoms with van der Waals surface area (Å²) >= 11 is 0. The molecule has 3 aromatic carbocycles. The summed E-state index contributed by atoms with van der Waals surface area (Å²) in [4.78, 5) is 22.2. The summed E-state index contributed by atoms with van der Waals surface area (Å²) in [6.07, 6.45) is 1.25. The van der Waals surface area contributed by atoms with Gasteiger partial charge >= 0.3 is 0 Å². The molecule has 0 radical (unpaired) electrons. The van der Waals surface area contributed by atoms with Crippen LogP contribution < -0.4 is 14.9 Å². The van der Waals surface area contributed by atoms with Gasteiger partial charge in [-0.3, -0.25) is 14.9 Å². The Morgan fingerprint density at radius 2 is 1.71 bits per heavy atom. The van der Waals surface area contributed by atoms with Crippen molar-refractivity contribution in [2.75, 3.05) is 7.11 Å². The molecule has 0 saturated carbocycles. The normalized spacial score (nSPS) is 10.9. The third-order valence-electron chi connectivity index (χ3n) is 4.47. The third-order valence-corrected chi connectivity index (χ3v) is 4.47. The number of carbonyl (C=O) groups excluding carboxylic acids is 1. The van der Waals surface area contributed by atoms with Crippen molar-refractivity contribution in [1.82, 2.24) is 5.43 Å². The summed E-state index contributed by atoms with van der Waals surface area (Å²) in [5.74, 6) is -8.15. The average molecular weight is 477 g/mol. The number of hydrogen-bond donors (Lipinski definition) is 1. The summed E-state index contributed by atoms with van der Waals surface area (Å²) in [5.41, 5.74) is 2.88. The van der Waals surface area contributed by atoms with E-state index in [0.29, 0.717) is 5.56 Å². The van der Waals surface area contributed by atoms with E-state index in [1.165, 1.54) is 49.7 Å². The maximum absolute atomic E-state index is 13.8. The zero-order valence-electron chi connectivity index (χ0n) is 17.4. The molecular formula is C22H15F4N3O5. The van der Waals surface area contributed by atoms with Crippen LogP contribution in [0.5, 0.6) is 11.5 Å². The number of methoxy groups -OCH3 is 1. The highest BCUT2D eigenvalue weighted by Crippen LogP contribution is 2.28. The molecule has 0 unspecified atom stereocenters. The molecule has 0 aliphatic heterocycles. The van der Waals surface area contributed by atoms with Crippen LogP contribution in [0.2, 0.25) is 0 Å². The Hall–Kier alpha value is -4.48. The van der Waals surface area contributed by atoms with Crippen molar-refractivity contribution < 1.29 is 36.8 Å². The molecule has 3 aromatic rings. The van der Waals surface area contributed by atoms with Gasteiger partial charge < -0.3 is 9.47 Å². The number of nitrogens with one attached hydrogen (secondary N) is 1. The van der Waals surface area contributed by atoms with E-state index in [9.17, 15) is 32.5 Å². The Balaban J connectivity index is 1.72. The number of rotatable bonds is 8. The number of ether oxygens (including phenoxy) is 2. The van der Waals surface area contributed by atoms with E-state index >= 15 is 0 Å². The van der Waals surface area contributed by atoms with Crippen molar-refractivity contribution in [2.45, 2.75) is 6.61 Å². The minimum Gasteiger partial charge on any atom is -0.496 e. The van der Waals surface area contributed by atoms with Crippen LogP contribution in [-0.2, 0) is 6.61 Å². The monoisotopic (exact) mass is 477 g/mol. The van der Waals surface area contributed by atoms with E-state index in [2.05, 4.69) is 10.5 Å². The van der Waals surface area contributed by atoms with E-state index < -0.39 is 46.5 Å². The Morgan fingerprint density at radius 3 is 2.29 bits per heavy atom. The van der Waals surface area contributed by atoms with Crippen LogP contribution in [0.25, 0.3) is 0 Å². The summed E-state index contributed by atoms with van der Waals surface area (Å²) in [7, 11) is 1.33. The van der Waals surface area contributed by atoms with Crippen molar-refractivity contribution in [3.63, 3.8) is 0 Å². The maximum atomic E-state index is 13.8. The van der Waals surface area contributed by atoms with E-state index in [1.54, 1.807) is 6.07 Å². The van der Waals surface area contributed by atoms with Gasteiger partial charge in [0.05, 0.1) is 18.2 Å². The zero-order chi connectivity index (χ0) is 24.8. The molecule has 176 valence electrons. The van der Waals surface area contributed by atoms with E-state index in [4.69, 9.17) is 9.47 Å². The lowest BCUT2D eigenvalue weighted by Gasteiger charge is -2.12. The molecule has 1 amide bonds. The lowest BCUT2D eigenvalue weighted by atomic mass is 10.1. The fourth-order valence-corrected chi connectivity index (χ4v) is 2.78. The first kappa shape index (κ1) is 24.2. The Morgan fingerprint density at radius 1 is 1.06 bits per heavy atom. The SMILES string of the molecule is COc1ccc(/C=N\NC(=O)c2ccc([N+](=O)[O-])cc2)cc1COc1c(F)c(F)cc(F)c1F. The highest BCUT2D eigenvalue weighted by Gasteiger charge is 2.21. The van der Waals surface area contributed by atoms with Gasteiger partial charge in [0, 0.05) is 29.3 Å². The Bertz CT molecular complexity index is 1240. The molecule has 1 N–H and O–H groups in total. The molecule has 34 heavy (non-hydrogen) atoms. The van der Waals surface area contributed by atoms with Gasteiger partial charge in [0.2, 0.25) is 11.6 Å². The molecule has 8 nitrogen and oxygen atoms in total. The van der Waals surface area contributed by atoms with Gasteiger partial charge in [-0.05, 0) is 35.9 Å². The highest BCUT2D eigenvalue weighted by molar-refractivity contribution is 5.95. The van der Waals surface area contributed by atoms with Crippen LogP contribution in [0.1, 0.15) is 21.5 Å². The van der Waals surface area contributed by atoms with Crippen molar-refractivity contribution in [1.29, 1.82) is 0 Å². The van der Waals surface area contributed by atoms with Gasteiger partial charge in [0.25, 0.3) is 11.6 Å². The van der Waals surface area contributed by atoms with Gasteiger partial charge in [-0.1, -0.05) is 0 Å². The number of nitrogens with zero attached hydrogens (tertiary/aromatic N) is 2. The second-order valence-corrected chi connectivity index (χ2v) is 6.66. The number of hydrogen-bond acceptors (Lipinski definition) is 6. The minimum atomic E-state index is -1.68. The van der Waals surface area contributed by atoms with Crippen molar-refractivity contribution in [3.05, 3.63) is 98.6 Å². The van der Waals surface area contributed by atoms with Crippen LogP contribution in [0, 0.1) is 33.4 Å². The maximum Gasteiger partial charge on any atom is 0.271 e. The number of nitro benzene ring substituents is 1. The number of non-ortho nitro benzene ring substituents is 1. The molecule has 0 aliphatic rings. The molecule has 0 spiro atoms. The van der Waals surface area contributed by atoms with Gasteiger partial charge in [0.15, 0.2) is 17.4 Å². The van der Waals surface area contributed by atoms with Crippen molar-refractivity contribution in [2.24, 2.45) is 5.10 Å². The molecule has 0 fully saturated rings. The fraction of sp³-hybridized carbons (Fsp3) is 0.0909. The largest absolute Gasteiger partial charge is 0.496 e. The molecule has 0 saturated heterocycles. The fourth-order valence-electron chi connectivity index (χ4n) is 2.78. The van der Waals surface area contributed by atoms with Crippen LogP contribution in [0.15, 0.2) is 53.6 Å². The number of amides is 1. The second kappa shape index (κ2) is 10.4. The first-order chi connectivity index (χ1) is 16.2. The van der Waals surface area contributed by atoms with E-state index in [1.807, 2.05) is 0 Å². The first-order valence-electron chi connectivity index (χ1n) is 9.41. The highest BCUT2D eigenvalue weighted by atomic mass is 19.2. The van der Waals surface area contributed by atoms with Gasteiger partial charge in [0.1, 0.15) is 12.4 Å². The van der Waals surface area contributed by atoms with Crippen LogP contribution in [-0.4, -0.2) is 24.2 Å². The lowest BCUT2D eigenvalue weighted by Crippen LogP contribution is -2.17. The molecule has 0 aromatic heterocycles. The standard InChI is InChI=1S/C22H15F4N3O5/c1-33-18-7-2-12(10-27-28-22(30)13-3-5-15(6-4-13)29(31)32)8-14(18)11-34-21-19(25)16(23)9-17(24)20(21)26/h2-10H,11H2,1H3,(H,28,30)/b27-10-. The predicted octanol–water partition coefficient (Wildman–Crippen LogP) is 4.50. The van der Waals surface area contributed by atoms with Crippen molar-refractivity contribution >= 4 is 17.8 Å².